The minimum atomic E-state index is -3.89. The summed E-state index contributed by atoms with van der Waals surface area (Å²) in [6.45, 7) is 1.70. The quantitative estimate of drug-likeness (QED) is 0.822. The number of nitrogens with zero attached hydrogens (tertiary/aromatic N) is 1. The summed E-state index contributed by atoms with van der Waals surface area (Å²) >= 11 is 0. The number of hydrogen-bond acceptors (Lipinski definition) is 4. The molecule has 0 spiro atoms. The summed E-state index contributed by atoms with van der Waals surface area (Å²) in [6, 6.07) is 5.25. The maximum atomic E-state index is 12.5. The molecule has 0 bridgehead atoms. The van der Waals surface area contributed by atoms with Gasteiger partial charge in [0.2, 0.25) is 10.0 Å². The molecular weight excluding hydrogens is 326 g/mol. The summed E-state index contributed by atoms with van der Waals surface area (Å²) in [4.78, 5) is 2.04. The van der Waals surface area contributed by atoms with Gasteiger partial charge in [0.1, 0.15) is 10.6 Å². The standard InChI is InChI=1S/C15H22F2N2O3S/c1-2-9-19-10-7-12(8-11-19)18-23(20,21)14-6-4-3-5-13(14)22-15(16)17/h3-6,12,15,18H,2,7-11H2,1H3. The van der Waals surface area contributed by atoms with Gasteiger partial charge in [0.15, 0.2) is 0 Å². The summed E-state index contributed by atoms with van der Waals surface area (Å²) in [5.41, 5.74) is 0. The average Bonchev–Trinajstić information content (AvgIpc) is 2.49. The van der Waals surface area contributed by atoms with E-state index in [4.69, 9.17) is 0 Å². The summed E-state index contributed by atoms with van der Waals surface area (Å²) in [6.07, 6.45) is 2.48. The zero-order valence-corrected chi connectivity index (χ0v) is 13.9. The second-order valence-corrected chi connectivity index (χ2v) is 7.24. The van der Waals surface area contributed by atoms with Crippen molar-refractivity contribution in [2.75, 3.05) is 19.6 Å². The van der Waals surface area contributed by atoms with Crippen LogP contribution >= 0.6 is 0 Å². The third-order valence-corrected chi connectivity index (χ3v) is 5.36. The Balaban J connectivity index is 2.05. The number of benzene rings is 1. The largest absolute Gasteiger partial charge is 0.433 e. The lowest BCUT2D eigenvalue weighted by Gasteiger charge is -2.32. The first-order valence-electron chi connectivity index (χ1n) is 7.71. The number of halogens is 2. The Labute approximate surface area is 135 Å². The van der Waals surface area contributed by atoms with Gasteiger partial charge in [-0.1, -0.05) is 19.1 Å². The molecule has 130 valence electrons. The molecule has 0 amide bonds. The molecule has 0 atom stereocenters. The van der Waals surface area contributed by atoms with Gasteiger partial charge in [-0.3, -0.25) is 0 Å². The molecule has 8 heteroatoms. The Bertz CT molecular complexity index is 602. The fraction of sp³-hybridized carbons (Fsp3) is 0.600. The molecule has 0 unspecified atom stereocenters. The van der Waals surface area contributed by atoms with Crippen molar-refractivity contribution in [1.29, 1.82) is 0 Å². The van der Waals surface area contributed by atoms with Gasteiger partial charge in [-0.2, -0.15) is 8.78 Å². The molecule has 0 aromatic heterocycles. The number of likely N-dealkylation sites (tertiary alicyclic amines) is 1. The zero-order valence-electron chi connectivity index (χ0n) is 13.0. The van der Waals surface area contributed by atoms with E-state index in [-0.39, 0.29) is 16.7 Å². The molecular formula is C15H22F2N2O3S. The van der Waals surface area contributed by atoms with Crippen LogP contribution in [0.15, 0.2) is 29.2 Å². The summed E-state index contributed by atoms with van der Waals surface area (Å²) in [5, 5.41) is 0. The number of ether oxygens (including phenoxy) is 1. The van der Waals surface area contributed by atoms with Gasteiger partial charge in [0, 0.05) is 6.04 Å². The van der Waals surface area contributed by atoms with Gasteiger partial charge in [-0.25, -0.2) is 13.1 Å². The molecule has 2 rings (SSSR count). The molecule has 23 heavy (non-hydrogen) atoms. The van der Waals surface area contributed by atoms with Crippen molar-refractivity contribution in [2.24, 2.45) is 0 Å². The molecule has 1 saturated heterocycles. The molecule has 1 heterocycles. The third kappa shape index (κ3) is 5.12. The molecule has 1 aromatic carbocycles. The molecule has 0 aliphatic carbocycles. The number of para-hydroxylation sites is 1. The zero-order chi connectivity index (χ0) is 16.9. The minimum Gasteiger partial charge on any atom is -0.433 e. The van der Waals surface area contributed by atoms with Crippen LogP contribution in [-0.2, 0) is 10.0 Å². The van der Waals surface area contributed by atoms with Gasteiger partial charge in [-0.05, 0) is 51.0 Å². The third-order valence-electron chi connectivity index (χ3n) is 3.80. The average molecular weight is 348 g/mol. The van der Waals surface area contributed by atoms with Crippen LogP contribution in [0.5, 0.6) is 5.75 Å². The van der Waals surface area contributed by atoms with Crippen molar-refractivity contribution in [3.63, 3.8) is 0 Å². The van der Waals surface area contributed by atoms with E-state index in [1.807, 2.05) is 0 Å². The van der Waals surface area contributed by atoms with Crippen LogP contribution in [-0.4, -0.2) is 45.6 Å². The first-order chi connectivity index (χ1) is 10.9. The van der Waals surface area contributed by atoms with Gasteiger partial charge < -0.3 is 9.64 Å². The topological polar surface area (TPSA) is 58.6 Å². The van der Waals surface area contributed by atoms with Crippen LogP contribution in [0, 0.1) is 0 Å². The number of piperidine rings is 1. The number of rotatable bonds is 7. The molecule has 1 aliphatic heterocycles. The molecule has 1 aromatic rings. The Morgan fingerprint density at radius 1 is 1.30 bits per heavy atom. The fourth-order valence-electron chi connectivity index (χ4n) is 2.74. The number of hydrogen-bond donors (Lipinski definition) is 1. The highest BCUT2D eigenvalue weighted by molar-refractivity contribution is 7.89. The van der Waals surface area contributed by atoms with E-state index in [1.165, 1.54) is 24.3 Å². The highest BCUT2D eigenvalue weighted by atomic mass is 32.2. The second kappa shape index (κ2) is 8.03. The van der Waals surface area contributed by atoms with Crippen LogP contribution in [0.3, 0.4) is 0 Å². The van der Waals surface area contributed by atoms with E-state index in [2.05, 4.69) is 21.3 Å². The van der Waals surface area contributed by atoms with E-state index in [9.17, 15) is 17.2 Å². The first-order valence-corrected chi connectivity index (χ1v) is 9.19. The number of sulfonamides is 1. The van der Waals surface area contributed by atoms with Crippen molar-refractivity contribution in [2.45, 2.75) is 43.7 Å². The van der Waals surface area contributed by atoms with Crippen molar-refractivity contribution < 1.29 is 21.9 Å². The van der Waals surface area contributed by atoms with Crippen LogP contribution in [0.25, 0.3) is 0 Å². The molecule has 1 N–H and O–H groups in total. The number of alkyl halides is 2. The molecule has 1 fully saturated rings. The van der Waals surface area contributed by atoms with E-state index in [0.717, 1.165) is 26.1 Å². The summed E-state index contributed by atoms with van der Waals surface area (Å²) in [7, 11) is -3.89. The van der Waals surface area contributed by atoms with Gasteiger partial charge in [0.05, 0.1) is 0 Å². The van der Waals surface area contributed by atoms with Gasteiger partial charge in [-0.15, -0.1) is 0 Å². The monoisotopic (exact) mass is 348 g/mol. The lowest BCUT2D eigenvalue weighted by molar-refractivity contribution is -0.0517. The van der Waals surface area contributed by atoms with Crippen LogP contribution in [0.4, 0.5) is 8.78 Å². The van der Waals surface area contributed by atoms with E-state index < -0.39 is 16.6 Å². The van der Waals surface area contributed by atoms with Crippen LogP contribution < -0.4 is 9.46 Å². The van der Waals surface area contributed by atoms with Crippen molar-refractivity contribution in [3.05, 3.63) is 24.3 Å². The molecule has 0 saturated carbocycles. The molecule has 0 radical (unpaired) electrons. The minimum absolute atomic E-state index is 0.187. The Hall–Kier alpha value is -1.25. The highest BCUT2D eigenvalue weighted by Gasteiger charge is 2.27. The van der Waals surface area contributed by atoms with E-state index in [1.54, 1.807) is 0 Å². The molecule has 1 aliphatic rings. The Kier molecular flexibility index (Phi) is 6.32. The molecule has 5 nitrogen and oxygen atoms in total. The van der Waals surface area contributed by atoms with Crippen molar-refractivity contribution in [3.8, 4) is 5.75 Å². The smallest absolute Gasteiger partial charge is 0.387 e. The lowest BCUT2D eigenvalue weighted by atomic mass is 10.1. The van der Waals surface area contributed by atoms with Crippen LogP contribution in [0.1, 0.15) is 26.2 Å². The maximum Gasteiger partial charge on any atom is 0.387 e. The Morgan fingerprint density at radius 2 is 1.96 bits per heavy atom. The SMILES string of the molecule is CCCN1CCC(NS(=O)(=O)c2ccccc2OC(F)F)CC1. The first kappa shape index (κ1) is 18.1. The Morgan fingerprint density at radius 3 is 2.57 bits per heavy atom. The van der Waals surface area contributed by atoms with Crippen molar-refractivity contribution in [1.82, 2.24) is 9.62 Å². The normalized spacial score (nSPS) is 17.6. The van der Waals surface area contributed by atoms with Gasteiger partial charge >= 0.3 is 6.61 Å². The highest BCUT2D eigenvalue weighted by Crippen LogP contribution is 2.25. The lowest BCUT2D eigenvalue weighted by Crippen LogP contribution is -2.44. The van der Waals surface area contributed by atoms with Crippen LogP contribution in [0.2, 0.25) is 0 Å². The fourth-order valence-corrected chi connectivity index (χ4v) is 4.18. The number of nitrogens with one attached hydrogen (secondary N) is 1. The van der Waals surface area contributed by atoms with E-state index in [0.29, 0.717) is 12.8 Å². The van der Waals surface area contributed by atoms with Crippen molar-refractivity contribution >= 4 is 10.0 Å². The maximum absolute atomic E-state index is 12.5. The van der Waals surface area contributed by atoms with Gasteiger partial charge in [0.25, 0.3) is 0 Å². The summed E-state index contributed by atoms with van der Waals surface area (Å²) < 4.78 is 56.7. The predicted octanol–water partition coefficient (Wildman–Crippen LogP) is 2.44. The van der Waals surface area contributed by atoms with E-state index >= 15 is 0 Å². The summed E-state index contributed by atoms with van der Waals surface area (Å²) in [5.74, 6) is -0.335. The second-order valence-electron chi connectivity index (χ2n) is 5.56. The predicted molar refractivity (Wildman–Crippen MR) is 83.1 cm³/mol.